The van der Waals surface area contributed by atoms with E-state index >= 15 is 0 Å². The lowest BCUT2D eigenvalue weighted by Gasteiger charge is -2.31. The number of rotatable bonds is 21. The zero-order valence-electron chi connectivity index (χ0n) is 42.2. The number of aliphatic carboxylic acids is 2. The molecule has 0 radical (unpaired) electrons. The molecule has 2 aromatic heterocycles. The smallest absolute Gasteiger partial charge is 0.307 e. The Balaban J connectivity index is 0.995. The van der Waals surface area contributed by atoms with Gasteiger partial charge in [-0.25, -0.2) is 0 Å². The van der Waals surface area contributed by atoms with Crippen molar-refractivity contribution >= 4 is 47.6 Å². The van der Waals surface area contributed by atoms with Crippen LogP contribution in [0.5, 0.6) is 23.0 Å². The summed E-state index contributed by atoms with van der Waals surface area (Å²) in [5.74, 6) is -0.310. The van der Waals surface area contributed by atoms with E-state index in [1.807, 2.05) is 60.7 Å². The van der Waals surface area contributed by atoms with Crippen molar-refractivity contribution in [1.29, 1.82) is 0 Å². The molecule has 74 heavy (non-hydrogen) atoms. The summed E-state index contributed by atoms with van der Waals surface area (Å²) in [6.07, 6.45) is 13.4. The molecule has 2 aliphatic heterocycles. The van der Waals surface area contributed by atoms with Crippen LogP contribution in [0, 0.1) is 25.7 Å². The summed E-state index contributed by atoms with van der Waals surface area (Å²) in [6, 6.07) is 23.7. The van der Waals surface area contributed by atoms with Gasteiger partial charge in [0.2, 0.25) is 0 Å². The molecule has 0 unspecified atom stereocenters. The Bertz CT molecular complexity index is 2820. The van der Waals surface area contributed by atoms with Gasteiger partial charge in [0.15, 0.2) is 0 Å². The van der Waals surface area contributed by atoms with Gasteiger partial charge in [0.25, 0.3) is 0 Å². The Kier molecular flexibility index (Phi) is 18.3. The first-order valence-electron chi connectivity index (χ1n) is 24.8. The number of carbonyl (C=O) groups is 2. The van der Waals surface area contributed by atoms with Crippen LogP contribution in [0.25, 0.3) is 11.1 Å². The third-order valence-corrected chi connectivity index (χ3v) is 14.2. The summed E-state index contributed by atoms with van der Waals surface area (Å²) in [5.41, 5.74) is 11.3. The normalized spacial score (nSPS) is 16.4. The number of nitrogens with zero attached hydrogens (tertiary/aromatic N) is 6. The number of carboxylic acid groups (broad SMARTS) is 2. The molecule has 0 saturated carbocycles. The van der Waals surface area contributed by atoms with Gasteiger partial charge >= 0.3 is 11.9 Å². The SMILES string of the molecule is C/N=C/c1cncc(COc2cc(OCc3cccc(-c4cccc(COc5cc(OCc6cncc(/C=N/C)c6)c(CN6CCC[C@H](C(=O)O)C6)cc5Cl)c4C)c3C)c(Cl)cc2CN2CCC[C@H](C(=O)O)C2)c1. The van der Waals surface area contributed by atoms with Crippen LogP contribution in [0.2, 0.25) is 10.0 Å². The van der Waals surface area contributed by atoms with E-state index in [2.05, 4.69) is 55.7 Å². The summed E-state index contributed by atoms with van der Waals surface area (Å²) in [7, 11) is 3.42. The minimum Gasteiger partial charge on any atom is -0.488 e. The third-order valence-electron chi connectivity index (χ3n) is 13.7. The van der Waals surface area contributed by atoms with E-state index in [-0.39, 0.29) is 26.4 Å². The summed E-state index contributed by atoms with van der Waals surface area (Å²) < 4.78 is 26.0. The van der Waals surface area contributed by atoms with E-state index in [1.165, 1.54) is 0 Å². The first-order valence-corrected chi connectivity index (χ1v) is 25.6. The maximum absolute atomic E-state index is 11.9. The lowest BCUT2D eigenvalue weighted by Crippen LogP contribution is -2.38. The maximum atomic E-state index is 11.9. The second-order valence-corrected chi connectivity index (χ2v) is 19.8. The van der Waals surface area contributed by atoms with Gasteiger partial charge < -0.3 is 29.2 Å². The van der Waals surface area contributed by atoms with Gasteiger partial charge in [-0.05, 0) is 110 Å². The largest absolute Gasteiger partial charge is 0.488 e. The number of benzene rings is 4. The number of hydrogen-bond acceptors (Lipinski definition) is 12. The Hall–Kier alpha value is -6.84. The highest BCUT2D eigenvalue weighted by Gasteiger charge is 2.28. The Morgan fingerprint density at radius 2 is 1.01 bits per heavy atom. The summed E-state index contributed by atoms with van der Waals surface area (Å²) in [5, 5.41) is 20.4. The molecule has 2 N–H and O–H groups in total. The van der Waals surface area contributed by atoms with Gasteiger partial charge in [-0.3, -0.25) is 39.3 Å². The summed E-state index contributed by atoms with van der Waals surface area (Å²) in [4.78, 5) is 45.0. The molecule has 2 fully saturated rings. The first-order chi connectivity index (χ1) is 35.8. The number of carboxylic acids is 2. The highest BCUT2D eigenvalue weighted by molar-refractivity contribution is 6.32. The van der Waals surface area contributed by atoms with Crippen molar-refractivity contribution in [3.63, 3.8) is 0 Å². The van der Waals surface area contributed by atoms with Gasteiger partial charge in [-0.15, -0.1) is 0 Å². The zero-order valence-corrected chi connectivity index (χ0v) is 43.7. The Morgan fingerprint density at radius 3 is 1.42 bits per heavy atom. The number of aromatic nitrogens is 2. The van der Waals surface area contributed by atoms with Gasteiger partial charge in [0.05, 0.1) is 21.9 Å². The first kappa shape index (κ1) is 53.5. The van der Waals surface area contributed by atoms with Crippen molar-refractivity contribution in [3.05, 3.63) is 163 Å². The van der Waals surface area contributed by atoms with Crippen LogP contribution in [0.1, 0.15) is 81.3 Å². The standard InChI is InChI=1S/C58H62Cl2N6O8/c1-37-45(35-73-55-21-53(71-33-41-17-39(23-61-3)25-63-27-41)47(19-51(55)59)31-65-15-7-11-43(29-65)57(67)68)9-5-13-49(37)50-14-6-10-46(38(50)2)36-74-56-22-54(72-34-42-18-40(24-62-4)26-64-28-42)48(20-52(56)60)32-66-16-8-12-44(30-66)58(69)70/h5-6,9-10,13-14,17-28,43-44H,7-8,11-12,15-16,29-36H2,1-4H3,(H,67,68)(H,69,70)/b61-23+,62-24+/t43-,44-/m0/s1. The highest BCUT2D eigenvalue weighted by atomic mass is 35.5. The van der Waals surface area contributed by atoms with Crippen molar-refractivity contribution in [3.8, 4) is 34.1 Å². The molecular formula is C58H62Cl2N6O8. The molecule has 386 valence electrons. The van der Waals surface area contributed by atoms with Gasteiger partial charge in [-0.2, -0.15) is 0 Å². The summed E-state index contributed by atoms with van der Waals surface area (Å²) in [6.45, 7) is 8.50. The molecule has 2 saturated heterocycles. The average molecular weight is 1040 g/mol. The van der Waals surface area contributed by atoms with Crippen molar-refractivity contribution in [1.82, 2.24) is 19.8 Å². The number of pyridine rings is 2. The molecule has 0 aliphatic carbocycles. The molecule has 6 aromatic rings. The van der Waals surface area contributed by atoms with Gasteiger partial charge in [0, 0.05) is 123 Å². The minimum absolute atomic E-state index is 0.237. The fraction of sp³-hybridized carbons (Fsp3) is 0.345. The monoisotopic (exact) mass is 1040 g/mol. The number of likely N-dealkylation sites (tertiary alicyclic amines) is 2. The molecule has 0 amide bonds. The lowest BCUT2D eigenvalue weighted by molar-refractivity contribution is -0.144. The van der Waals surface area contributed by atoms with Crippen LogP contribution in [0.4, 0.5) is 0 Å². The zero-order chi connectivity index (χ0) is 52.1. The van der Waals surface area contributed by atoms with E-state index < -0.39 is 23.8 Å². The van der Waals surface area contributed by atoms with Crippen LogP contribution in [-0.2, 0) is 49.1 Å². The van der Waals surface area contributed by atoms with E-state index in [0.29, 0.717) is 72.1 Å². The predicted molar refractivity (Wildman–Crippen MR) is 288 cm³/mol. The number of aliphatic imine (C=N–C) groups is 2. The molecule has 8 rings (SSSR count). The number of piperidine rings is 2. The molecule has 2 aliphatic rings. The van der Waals surface area contributed by atoms with Crippen LogP contribution in [0.15, 0.2) is 108 Å². The quantitative estimate of drug-likeness (QED) is 0.0656. The van der Waals surface area contributed by atoms with Crippen molar-refractivity contribution in [2.45, 2.75) is 79.0 Å². The molecule has 16 heteroatoms. The van der Waals surface area contributed by atoms with Crippen LogP contribution >= 0.6 is 23.2 Å². The van der Waals surface area contributed by atoms with E-state index in [1.54, 1.807) is 51.3 Å². The molecular weight excluding hydrogens is 980 g/mol. The molecule has 2 atom stereocenters. The summed E-state index contributed by atoms with van der Waals surface area (Å²) >= 11 is 14.0. The van der Waals surface area contributed by atoms with E-state index in [0.717, 1.165) is 92.7 Å². The minimum atomic E-state index is -0.781. The van der Waals surface area contributed by atoms with Crippen LogP contribution in [-0.4, -0.2) is 94.6 Å². The van der Waals surface area contributed by atoms with Gasteiger partial charge in [-0.1, -0.05) is 59.6 Å². The van der Waals surface area contributed by atoms with E-state index in [9.17, 15) is 19.8 Å². The third kappa shape index (κ3) is 13.9. The Morgan fingerprint density at radius 1 is 0.595 bits per heavy atom. The second kappa shape index (κ2) is 25.4. The van der Waals surface area contributed by atoms with Crippen molar-refractivity contribution in [2.75, 3.05) is 40.3 Å². The second-order valence-electron chi connectivity index (χ2n) is 19.0. The van der Waals surface area contributed by atoms with Crippen LogP contribution in [0.3, 0.4) is 0 Å². The topological polar surface area (TPSA) is 168 Å². The van der Waals surface area contributed by atoms with Crippen molar-refractivity contribution < 1.29 is 38.7 Å². The number of ether oxygens (including phenoxy) is 4. The molecule has 4 aromatic carbocycles. The molecule has 4 heterocycles. The molecule has 14 nitrogen and oxygen atoms in total. The molecule has 0 bridgehead atoms. The Labute approximate surface area is 442 Å². The fourth-order valence-corrected chi connectivity index (χ4v) is 10.2. The lowest BCUT2D eigenvalue weighted by atomic mass is 9.92. The number of halogens is 2. The van der Waals surface area contributed by atoms with Gasteiger partial charge in [0.1, 0.15) is 49.4 Å². The number of hydrogen-bond donors (Lipinski definition) is 2. The van der Waals surface area contributed by atoms with Crippen molar-refractivity contribution in [2.24, 2.45) is 21.8 Å². The fourth-order valence-electron chi connectivity index (χ4n) is 9.68. The predicted octanol–water partition coefficient (Wildman–Crippen LogP) is 11.1. The molecule has 0 spiro atoms. The highest BCUT2D eigenvalue weighted by Crippen LogP contribution is 2.39. The average Bonchev–Trinajstić information content (AvgIpc) is 3.39. The van der Waals surface area contributed by atoms with Crippen LogP contribution < -0.4 is 18.9 Å². The van der Waals surface area contributed by atoms with E-state index in [4.69, 9.17) is 42.1 Å². The maximum Gasteiger partial charge on any atom is 0.307 e.